The lowest BCUT2D eigenvalue weighted by Crippen LogP contribution is -1.86. The van der Waals surface area contributed by atoms with Gasteiger partial charge >= 0.3 is 0 Å². The summed E-state index contributed by atoms with van der Waals surface area (Å²) in [6, 6.07) is 8.61. The van der Waals surface area contributed by atoms with Gasteiger partial charge in [0.1, 0.15) is 17.2 Å². The second-order valence-corrected chi connectivity index (χ2v) is 3.48. The highest BCUT2D eigenvalue weighted by molar-refractivity contribution is 5.78. The van der Waals surface area contributed by atoms with E-state index in [4.69, 9.17) is 5.73 Å². The molecule has 4 nitrogen and oxygen atoms in total. The second kappa shape index (κ2) is 3.66. The molecule has 2 aromatic rings. The average molecular weight is 217 g/mol. The van der Waals surface area contributed by atoms with Gasteiger partial charge in [0.25, 0.3) is 0 Å². The quantitative estimate of drug-likeness (QED) is 0.435. The molecule has 16 heavy (non-hydrogen) atoms. The number of benzene rings is 2. The molecule has 0 saturated carbocycles. The average Bonchev–Trinajstić information content (AvgIpc) is 2.25. The van der Waals surface area contributed by atoms with Gasteiger partial charge in [0.05, 0.1) is 0 Å². The van der Waals surface area contributed by atoms with Crippen molar-refractivity contribution in [1.29, 1.82) is 0 Å². The number of anilines is 1. The predicted molar refractivity (Wildman–Crippen MR) is 61.3 cm³/mol. The van der Waals surface area contributed by atoms with Crippen LogP contribution in [0.15, 0.2) is 36.4 Å². The molecule has 0 bridgehead atoms. The van der Waals surface area contributed by atoms with Crippen LogP contribution in [0.3, 0.4) is 0 Å². The van der Waals surface area contributed by atoms with E-state index in [1.165, 1.54) is 30.3 Å². The van der Waals surface area contributed by atoms with Gasteiger partial charge in [0.2, 0.25) is 0 Å². The van der Waals surface area contributed by atoms with Crippen LogP contribution < -0.4 is 5.73 Å². The molecule has 0 amide bonds. The van der Waals surface area contributed by atoms with E-state index in [1.807, 2.05) is 0 Å². The molecule has 0 saturated heterocycles. The molecule has 0 aliphatic rings. The molecule has 2 rings (SSSR count). The van der Waals surface area contributed by atoms with Crippen LogP contribution in [0.4, 0.5) is 5.69 Å². The number of phenols is 3. The fourth-order valence-corrected chi connectivity index (χ4v) is 1.51. The molecular weight excluding hydrogens is 206 g/mol. The molecule has 2 aromatic carbocycles. The van der Waals surface area contributed by atoms with Gasteiger partial charge in [-0.2, -0.15) is 0 Å². The van der Waals surface area contributed by atoms with Crippen LogP contribution in [0.25, 0.3) is 11.1 Å². The zero-order valence-electron chi connectivity index (χ0n) is 8.38. The van der Waals surface area contributed by atoms with Crippen LogP contribution in [-0.2, 0) is 0 Å². The van der Waals surface area contributed by atoms with Gasteiger partial charge in [0, 0.05) is 16.8 Å². The summed E-state index contributed by atoms with van der Waals surface area (Å²) in [6.07, 6.45) is 0. The van der Waals surface area contributed by atoms with E-state index < -0.39 is 0 Å². The summed E-state index contributed by atoms with van der Waals surface area (Å²) in [5.41, 5.74) is 6.79. The Morgan fingerprint density at radius 3 is 2.00 bits per heavy atom. The van der Waals surface area contributed by atoms with Gasteiger partial charge in [0.15, 0.2) is 0 Å². The minimum absolute atomic E-state index is 0.00454. The first-order valence-corrected chi connectivity index (χ1v) is 4.69. The minimum atomic E-state index is -0.0290. The van der Waals surface area contributed by atoms with E-state index in [0.717, 1.165) is 0 Å². The summed E-state index contributed by atoms with van der Waals surface area (Å²) in [5, 5.41) is 28.6. The molecule has 0 heterocycles. The summed E-state index contributed by atoms with van der Waals surface area (Å²) < 4.78 is 0. The van der Waals surface area contributed by atoms with Crippen LogP contribution >= 0.6 is 0 Å². The smallest absolute Gasteiger partial charge is 0.123 e. The van der Waals surface area contributed by atoms with Crippen LogP contribution in [-0.4, -0.2) is 15.3 Å². The fraction of sp³-hybridized carbons (Fsp3) is 0. The van der Waals surface area contributed by atoms with Crippen molar-refractivity contribution >= 4 is 5.69 Å². The Kier molecular flexibility index (Phi) is 2.32. The summed E-state index contributed by atoms with van der Waals surface area (Å²) in [4.78, 5) is 0. The first-order valence-electron chi connectivity index (χ1n) is 4.69. The summed E-state index contributed by atoms with van der Waals surface area (Å²) in [5.74, 6) is -0.0246. The Morgan fingerprint density at radius 2 is 1.31 bits per heavy atom. The van der Waals surface area contributed by atoms with E-state index in [0.29, 0.717) is 16.8 Å². The Balaban J connectivity index is 2.66. The third-order valence-electron chi connectivity index (χ3n) is 2.29. The van der Waals surface area contributed by atoms with Gasteiger partial charge in [-0.1, -0.05) is 0 Å². The minimum Gasteiger partial charge on any atom is -0.508 e. The molecule has 0 aliphatic carbocycles. The molecule has 5 N–H and O–H groups in total. The first-order chi connectivity index (χ1) is 7.58. The highest BCUT2D eigenvalue weighted by Gasteiger charge is 2.10. The van der Waals surface area contributed by atoms with Crippen molar-refractivity contribution in [3.63, 3.8) is 0 Å². The van der Waals surface area contributed by atoms with Crippen molar-refractivity contribution in [2.45, 2.75) is 0 Å². The molecule has 0 aromatic heterocycles. The van der Waals surface area contributed by atoms with E-state index in [-0.39, 0.29) is 17.2 Å². The van der Waals surface area contributed by atoms with E-state index in [1.54, 1.807) is 6.07 Å². The van der Waals surface area contributed by atoms with Crippen molar-refractivity contribution in [1.82, 2.24) is 0 Å². The number of rotatable bonds is 1. The molecule has 0 aliphatic heterocycles. The van der Waals surface area contributed by atoms with Crippen molar-refractivity contribution in [3.8, 4) is 28.4 Å². The predicted octanol–water partition coefficient (Wildman–Crippen LogP) is 2.05. The fourth-order valence-electron chi connectivity index (χ4n) is 1.51. The largest absolute Gasteiger partial charge is 0.508 e. The maximum Gasteiger partial charge on any atom is 0.123 e. The van der Waals surface area contributed by atoms with Crippen LogP contribution in [0.2, 0.25) is 0 Å². The van der Waals surface area contributed by atoms with Crippen molar-refractivity contribution in [2.75, 3.05) is 5.73 Å². The number of hydrogen-bond donors (Lipinski definition) is 4. The highest BCUT2D eigenvalue weighted by Crippen LogP contribution is 2.38. The highest BCUT2D eigenvalue weighted by atomic mass is 16.3. The van der Waals surface area contributed by atoms with Crippen LogP contribution in [0.5, 0.6) is 17.2 Å². The van der Waals surface area contributed by atoms with E-state index in [9.17, 15) is 15.3 Å². The maximum absolute atomic E-state index is 9.66. The number of hydrogen-bond acceptors (Lipinski definition) is 4. The van der Waals surface area contributed by atoms with Gasteiger partial charge in [-0.25, -0.2) is 0 Å². The number of nitrogens with two attached hydrogens (primary N) is 1. The molecule has 0 atom stereocenters. The van der Waals surface area contributed by atoms with Crippen molar-refractivity contribution < 1.29 is 15.3 Å². The topological polar surface area (TPSA) is 86.7 Å². The lowest BCUT2D eigenvalue weighted by atomic mass is 10.0. The van der Waals surface area contributed by atoms with E-state index in [2.05, 4.69) is 0 Å². The second-order valence-electron chi connectivity index (χ2n) is 3.48. The number of phenolic OH excluding ortho intramolecular Hbond substituents is 3. The SMILES string of the molecule is Nc1ccc(O)c(-c2cc(O)ccc2O)c1. The Bertz CT molecular complexity index is 488. The Morgan fingerprint density at radius 1 is 0.750 bits per heavy atom. The summed E-state index contributed by atoms with van der Waals surface area (Å²) in [7, 11) is 0. The maximum atomic E-state index is 9.66. The molecule has 0 unspecified atom stereocenters. The van der Waals surface area contributed by atoms with Gasteiger partial charge in [-0.15, -0.1) is 0 Å². The standard InChI is InChI=1S/C12H11NO3/c13-7-1-3-11(15)9(5-7)10-6-8(14)2-4-12(10)16/h1-6,14-16H,13H2. The van der Waals surface area contributed by atoms with Crippen LogP contribution in [0.1, 0.15) is 0 Å². The molecule has 82 valence electrons. The van der Waals surface area contributed by atoms with Crippen LogP contribution in [0, 0.1) is 0 Å². The Hall–Kier alpha value is -2.36. The molecule has 0 radical (unpaired) electrons. The molecule has 4 heteroatoms. The summed E-state index contributed by atoms with van der Waals surface area (Å²) in [6.45, 7) is 0. The third-order valence-corrected chi connectivity index (χ3v) is 2.29. The third kappa shape index (κ3) is 1.72. The lowest BCUT2D eigenvalue weighted by molar-refractivity contribution is 0.459. The number of nitrogen functional groups attached to an aromatic ring is 1. The van der Waals surface area contributed by atoms with Crippen molar-refractivity contribution in [3.05, 3.63) is 36.4 Å². The van der Waals surface area contributed by atoms with E-state index >= 15 is 0 Å². The summed E-state index contributed by atoms with van der Waals surface area (Å²) >= 11 is 0. The van der Waals surface area contributed by atoms with Crippen molar-refractivity contribution in [2.24, 2.45) is 0 Å². The molecule has 0 spiro atoms. The van der Waals surface area contributed by atoms with Gasteiger partial charge in [-0.3, -0.25) is 0 Å². The van der Waals surface area contributed by atoms with Gasteiger partial charge < -0.3 is 21.1 Å². The molecule has 0 fully saturated rings. The molecular formula is C12H11NO3. The monoisotopic (exact) mass is 217 g/mol. The number of aromatic hydroxyl groups is 3. The zero-order chi connectivity index (χ0) is 11.7. The first kappa shape index (κ1) is 10.2. The lowest BCUT2D eigenvalue weighted by Gasteiger charge is -2.08. The normalized spacial score (nSPS) is 10.2. The Labute approximate surface area is 92.2 Å². The zero-order valence-corrected chi connectivity index (χ0v) is 8.38. The van der Waals surface area contributed by atoms with Gasteiger partial charge in [-0.05, 0) is 36.4 Å².